The highest BCUT2D eigenvalue weighted by Gasteiger charge is 2.28. The van der Waals surface area contributed by atoms with Crippen molar-refractivity contribution in [3.05, 3.63) is 88.8 Å². The number of furan rings is 1. The highest BCUT2D eigenvalue weighted by atomic mass is 35.5. The number of nitrogens with zero attached hydrogens (tertiary/aromatic N) is 1. The Balaban J connectivity index is 1.75. The molecule has 0 saturated heterocycles. The molecule has 0 amide bonds. The van der Waals surface area contributed by atoms with Crippen molar-refractivity contribution in [3.8, 4) is 5.75 Å². The molecule has 25 heavy (non-hydrogen) atoms. The Morgan fingerprint density at radius 1 is 1.08 bits per heavy atom. The molecule has 4 rings (SSSR count). The van der Waals surface area contributed by atoms with E-state index in [1.54, 1.807) is 24.5 Å². The van der Waals surface area contributed by atoms with E-state index in [2.05, 4.69) is 5.32 Å². The van der Waals surface area contributed by atoms with Gasteiger partial charge in [-0.15, -0.1) is 0 Å². The van der Waals surface area contributed by atoms with E-state index in [1.807, 2.05) is 42.5 Å². The lowest BCUT2D eigenvalue weighted by atomic mass is 9.94. The molecule has 1 aromatic heterocycles. The summed E-state index contributed by atoms with van der Waals surface area (Å²) in [5, 5.41) is 14.3. The third-order valence-corrected chi connectivity index (χ3v) is 4.56. The maximum absolute atomic E-state index is 10.3. The fourth-order valence-corrected chi connectivity index (χ4v) is 3.29. The van der Waals surface area contributed by atoms with Gasteiger partial charge in [0.2, 0.25) is 0 Å². The van der Waals surface area contributed by atoms with Crippen molar-refractivity contribution in [3.63, 3.8) is 0 Å². The summed E-state index contributed by atoms with van der Waals surface area (Å²) in [7, 11) is 0. The molecule has 3 aromatic rings. The summed E-state index contributed by atoms with van der Waals surface area (Å²) in [5.41, 5.74) is 2.78. The van der Waals surface area contributed by atoms with Crippen LogP contribution in [0.1, 0.15) is 35.5 Å². The van der Waals surface area contributed by atoms with Crippen molar-refractivity contribution in [2.45, 2.75) is 18.6 Å². The number of hydrogen-bond acceptors (Lipinski definition) is 4. The third-order valence-electron chi connectivity index (χ3n) is 4.33. The second-order valence-corrected chi connectivity index (χ2v) is 6.42. The standard InChI is InChI=1S/C20H17ClN2O2/c21-14-8-9-18(24)15(11-14)17-12-16(13-5-2-1-3-6-13)22-20(23-17)19-7-4-10-25-19/h1-11,17,20,23-24H,12H2. The molecule has 0 aliphatic carbocycles. The molecule has 2 atom stereocenters. The van der Waals surface area contributed by atoms with Crippen LogP contribution >= 0.6 is 11.6 Å². The van der Waals surface area contributed by atoms with Crippen LogP contribution in [0.25, 0.3) is 0 Å². The van der Waals surface area contributed by atoms with Crippen LogP contribution in [0.15, 0.2) is 76.3 Å². The third kappa shape index (κ3) is 3.31. The van der Waals surface area contributed by atoms with Gasteiger partial charge in [0.25, 0.3) is 0 Å². The normalized spacial score (nSPS) is 20.3. The molecular weight excluding hydrogens is 336 g/mol. The number of benzene rings is 2. The molecule has 0 saturated carbocycles. The second kappa shape index (κ2) is 6.75. The minimum Gasteiger partial charge on any atom is -0.508 e. The number of hydrogen-bond donors (Lipinski definition) is 2. The molecule has 0 spiro atoms. The van der Waals surface area contributed by atoms with Crippen LogP contribution < -0.4 is 5.32 Å². The molecule has 1 aliphatic rings. The maximum atomic E-state index is 10.3. The first-order valence-electron chi connectivity index (χ1n) is 8.10. The fraction of sp³-hybridized carbons (Fsp3) is 0.150. The van der Waals surface area contributed by atoms with Crippen molar-refractivity contribution in [1.29, 1.82) is 0 Å². The van der Waals surface area contributed by atoms with Crippen molar-refractivity contribution < 1.29 is 9.52 Å². The number of rotatable bonds is 3. The molecule has 0 bridgehead atoms. The largest absolute Gasteiger partial charge is 0.508 e. The first-order valence-corrected chi connectivity index (χ1v) is 8.48. The second-order valence-electron chi connectivity index (χ2n) is 5.99. The van der Waals surface area contributed by atoms with Crippen molar-refractivity contribution in [1.82, 2.24) is 5.32 Å². The molecule has 0 radical (unpaired) electrons. The molecular formula is C20H17ClN2O2. The molecule has 2 aromatic carbocycles. The van der Waals surface area contributed by atoms with E-state index in [0.717, 1.165) is 22.6 Å². The summed E-state index contributed by atoms with van der Waals surface area (Å²) in [4.78, 5) is 4.82. The SMILES string of the molecule is Oc1ccc(Cl)cc1C1CC(c2ccccc2)=NC(c2ccco2)N1. The van der Waals surface area contributed by atoms with Gasteiger partial charge in [0.05, 0.1) is 6.26 Å². The molecule has 126 valence electrons. The number of phenols is 1. The predicted molar refractivity (Wildman–Crippen MR) is 98.0 cm³/mol. The average molecular weight is 353 g/mol. The van der Waals surface area contributed by atoms with Gasteiger partial charge in [-0.2, -0.15) is 0 Å². The van der Waals surface area contributed by atoms with Crippen LogP contribution in [0.2, 0.25) is 5.02 Å². The van der Waals surface area contributed by atoms with Gasteiger partial charge in [0.15, 0.2) is 6.17 Å². The monoisotopic (exact) mass is 352 g/mol. The van der Waals surface area contributed by atoms with Crippen LogP contribution in [-0.2, 0) is 0 Å². The van der Waals surface area contributed by atoms with Gasteiger partial charge in [-0.3, -0.25) is 10.3 Å². The van der Waals surface area contributed by atoms with Crippen LogP contribution in [0.4, 0.5) is 0 Å². The number of aliphatic imine (C=N–C) groups is 1. The van der Waals surface area contributed by atoms with Crippen molar-refractivity contribution in [2.75, 3.05) is 0 Å². The van der Waals surface area contributed by atoms with Gasteiger partial charge in [0, 0.05) is 28.8 Å². The van der Waals surface area contributed by atoms with E-state index < -0.39 is 0 Å². The Morgan fingerprint density at radius 3 is 2.68 bits per heavy atom. The minimum atomic E-state index is -0.317. The van der Waals surface area contributed by atoms with Gasteiger partial charge in [-0.05, 0) is 35.9 Å². The van der Waals surface area contributed by atoms with Gasteiger partial charge >= 0.3 is 0 Å². The molecule has 1 aliphatic heterocycles. The molecule has 2 heterocycles. The maximum Gasteiger partial charge on any atom is 0.159 e. The first-order chi connectivity index (χ1) is 12.2. The van der Waals surface area contributed by atoms with Gasteiger partial charge < -0.3 is 9.52 Å². The number of aromatic hydroxyl groups is 1. The molecule has 0 fully saturated rings. The van der Waals surface area contributed by atoms with Crippen LogP contribution in [0, 0.1) is 0 Å². The summed E-state index contributed by atoms with van der Waals surface area (Å²) < 4.78 is 5.54. The quantitative estimate of drug-likeness (QED) is 0.707. The molecule has 2 N–H and O–H groups in total. The minimum absolute atomic E-state index is 0.124. The zero-order valence-corrected chi connectivity index (χ0v) is 14.1. The van der Waals surface area contributed by atoms with E-state index in [-0.39, 0.29) is 18.0 Å². The highest BCUT2D eigenvalue weighted by molar-refractivity contribution is 6.30. The Bertz CT molecular complexity index is 891. The Morgan fingerprint density at radius 2 is 1.92 bits per heavy atom. The number of nitrogens with one attached hydrogen (secondary N) is 1. The zero-order chi connectivity index (χ0) is 17.2. The summed E-state index contributed by atoms with van der Waals surface area (Å²) in [5.74, 6) is 0.953. The summed E-state index contributed by atoms with van der Waals surface area (Å²) in [6.07, 6.45) is 1.96. The smallest absolute Gasteiger partial charge is 0.159 e. The Labute approximate surface area is 150 Å². The highest BCUT2D eigenvalue weighted by Crippen LogP contribution is 2.35. The Kier molecular flexibility index (Phi) is 4.30. The summed E-state index contributed by atoms with van der Waals surface area (Å²) >= 11 is 6.14. The van der Waals surface area contributed by atoms with Gasteiger partial charge in [-0.25, -0.2) is 0 Å². The number of halogens is 1. The molecule has 2 unspecified atom stereocenters. The van der Waals surface area contributed by atoms with E-state index in [0.29, 0.717) is 11.4 Å². The van der Waals surface area contributed by atoms with Gasteiger partial charge in [-0.1, -0.05) is 41.9 Å². The van der Waals surface area contributed by atoms with Crippen LogP contribution in [0.3, 0.4) is 0 Å². The van der Waals surface area contributed by atoms with Gasteiger partial charge in [0.1, 0.15) is 11.5 Å². The number of phenolic OH excluding ortho intramolecular Hbond substituents is 1. The van der Waals surface area contributed by atoms with E-state index in [9.17, 15) is 5.11 Å². The molecule has 4 nitrogen and oxygen atoms in total. The van der Waals surface area contributed by atoms with E-state index in [4.69, 9.17) is 21.0 Å². The lowest BCUT2D eigenvalue weighted by molar-refractivity contribution is 0.364. The molecule has 5 heteroatoms. The first kappa shape index (κ1) is 15.9. The predicted octanol–water partition coefficient (Wildman–Crippen LogP) is 4.86. The van der Waals surface area contributed by atoms with Crippen molar-refractivity contribution in [2.24, 2.45) is 4.99 Å². The topological polar surface area (TPSA) is 57.8 Å². The van der Waals surface area contributed by atoms with Crippen LogP contribution in [0.5, 0.6) is 5.75 Å². The Hall–Kier alpha value is -2.56. The zero-order valence-electron chi connectivity index (χ0n) is 13.4. The lowest BCUT2D eigenvalue weighted by Crippen LogP contribution is -2.32. The fourth-order valence-electron chi connectivity index (χ4n) is 3.11. The lowest BCUT2D eigenvalue weighted by Gasteiger charge is -2.29. The van der Waals surface area contributed by atoms with Crippen LogP contribution in [-0.4, -0.2) is 10.8 Å². The summed E-state index contributed by atoms with van der Waals surface area (Å²) in [6, 6.07) is 18.8. The average Bonchev–Trinajstić information content (AvgIpc) is 3.19. The van der Waals surface area contributed by atoms with Crippen molar-refractivity contribution >= 4 is 17.3 Å². The van der Waals surface area contributed by atoms with E-state index >= 15 is 0 Å². The van der Waals surface area contributed by atoms with E-state index in [1.165, 1.54) is 0 Å². The summed E-state index contributed by atoms with van der Waals surface area (Å²) in [6.45, 7) is 0.